The van der Waals surface area contributed by atoms with Crippen LogP contribution in [0.2, 0.25) is 0 Å². The van der Waals surface area contributed by atoms with Crippen LogP contribution < -0.4 is 10.6 Å². The van der Waals surface area contributed by atoms with Gasteiger partial charge in [0.25, 0.3) is 0 Å². The Labute approximate surface area is 117 Å². The largest absolute Gasteiger partial charge is 0.389 e. The standard InChI is InChI=1S/C15H21F3N2/c16-15(17,18)7-1-2-8-19-10-12-4-3-5-13-11-20-9-6-14(12)13/h3-5,19-20H,1-2,6-11H2. The maximum absolute atomic E-state index is 12.0. The van der Waals surface area contributed by atoms with Gasteiger partial charge in [0.1, 0.15) is 0 Å². The van der Waals surface area contributed by atoms with Crippen molar-refractivity contribution in [1.82, 2.24) is 10.6 Å². The summed E-state index contributed by atoms with van der Waals surface area (Å²) in [6.45, 7) is 3.29. The molecule has 0 radical (unpaired) electrons. The van der Waals surface area contributed by atoms with Gasteiger partial charge in [-0.15, -0.1) is 0 Å². The summed E-state index contributed by atoms with van der Waals surface area (Å²) in [4.78, 5) is 0. The molecule has 0 aromatic heterocycles. The quantitative estimate of drug-likeness (QED) is 0.785. The van der Waals surface area contributed by atoms with Gasteiger partial charge in [0.2, 0.25) is 0 Å². The molecule has 1 heterocycles. The van der Waals surface area contributed by atoms with E-state index in [4.69, 9.17) is 0 Å². The van der Waals surface area contributed by atoms with Gasteiger partial charge in [-0.2, -0.15) is 13.2 Å². The number of halogens is 3. The first-order chi connectivity index (χ1) is 9.56. The Morgan fingerprint density at radius 1 is 1.20 bits per heavy atom. The van der Waals surface area contributed by atoms with Crippen molar-refractivity contribution >= 4 is 0 Å². The number of benzene rings is 1. The Hall–Kier alpha value is -1.07. The highest BCUT2D eigenvalue weighted by molar-refractivity contribution is 5.36. The highest BCUT2D eigenvalue weighted by Gasteiger charge is 2.25. The molecule has 0 atom stereocenters. The van der Waals surface area contributed by atoms with E-state index in [1.807, 2.05) is 6.07 Å². The van der Waals surface area contributed by atoms with Crippen LogP contribution >= 0.6 is 0 Å². The third kappa shape index (κ3) is 4.80. The predicted molar refractivity (Wildman–Crippen MR) is 73.5 cm³/mol. The molecule has 0 bridgehead atoms. The maximum Gasteiger partial charge on any atom is 0.389 e. The zero-order valence-corrected chi connectivity index (χ0v) is 11.5. The van der Waals surface area contributed by atoms with Crippen LogP contribution in [0.15, 0.2) is 18.2 Å². The first kappa shape index (κ1) is 15.3. The van der Waals surface area contributed by atoms with Gasteiger partial charge in [-0.1, -0.05) is 18.2 Å². The Kier molecular flexibility index (Phi) is 5.43. The minimum atomic E-state index is -4.02. The Morgan fingerprint density at radius 2 is 2.05 bits per heavy atom. The number of nitrogens with one attached hydrogen (secondary N) is 2. The summed E-state index contributed by atoms with van der Waals surface area (Å²) in [5.74, 6) is 0. The van der Waals surface area contributed by atoms with Crippen LogP contribution in [0.25, 0.3) is 0 Å². The lowest BCUT2D eigenvalue weighted by atomic mass is 9.95. The van der Waals surface area contributed by atoms with Gasteiger partial charge in [0.15, 0.2) is 0 Å². The van der Waals surface area contributed by atoms with Crippen LogP contribution in [0.5, 0.6) is 0 Å². The van der Waals surface area contributed by atoms with E-state index in [0.717, 1.165) is 26.1 Å². The third-order valence-electron chi connectivity index (χ3n) is 3.62. The predicted octanol–water partition coefficient (Wildman–Crippen LogP) is 3.15. The summed E-state index contributed by atoms with van der Waals surface area (Å²) in [5, 5.41) is 6.59. The molecule has 1 aliphatic heterocycles. The normalized spacial score (nSPS) is 15.2. The van der Waals surface area contributed by atoms with Crippen LogP contribution in [0.3, 0.4) is 0 Å². The maximum atomic E-state index is 12.0. The van der Waals surface area contributed by atoms with E-state index in [-0.39, 0.29) is 6.42 Å². The van der Waals surface area contributed by atoms with Crippen molar-refractivity contribution in [2.24, 2.45) is 0 Å². The summed E-state index contributed by atoms with van der Waals surface area (Å²) < 4.78 is 36.0. The molecule has 0 amide bonds. The number of unbranched alkanes of at least 4 members (excludes halogenated alkanes) is 1. The molecule has 0 fully saturated rings. The molecule has 0 saturated carbocycles. The molecule has 2 rings (SSSR count). The van der Waals surface area contributed by atoms with Crippen molar-refractivity contribution < 1.29 is 13.2 Å². The van der Waals surface area contributed by atoms with Crippen LogP contribution in [-0.2, 0) is 19.5 Å². The number of alkyl halides is 3. The van der Waals surface area contributed by atoms with Gasteiger partial charge in [-0.25, -0.2) is 0 Å². The lowest BCUT2D eigenvalue weighted by molar-refractivity contribution is -0.135. The van der Waals surface area contributed by atoms with Crippen molar-refractivity contribution in [2.75, 3.05) is 13.1 Å². The van der Waals surface area contributed by atoms with E-state index < -0.39 is 12.6 Å². The average Bonchev–Trinajstić information content (AvgIpc) is 2.41. The minimum absolute atomic E-state index is 0.202. The van der Waals surface area contributed by atoms with E-state index in [1.165, 1.54) is 16.7 Å². The molecule has 0 spiro atoms. The van der Waals surface area contributed by atoms with E-state index in [0.29, 0.717) is 13.0 Å². The fraction of sp³-hybridized carbons (Fsp3) is 0.600. The van der Waals surface area contributed by atoms with E-state index in [1.54, 1.807) is 0 Å². The van der Waals surface area contributed by atoms with Crippen LogP contribution in [0.4, 0.5) is 13.2 Å². The van der Waals surface area contributed by atoms with Gasteiger partial charge >= 0.3 is 6.18 Å². The fourth-order valence-electron chi connectivity index (χ4n) is 2.58. The molecule has 20 heavy (non-hydrogen) atoms. The molecule has 5 heteroatoms. The Balaban J connectivity index is 1.72. The lowest BCUT2D eigenvalue weighted by Crippen LogP contribution is -2.26. The molecule has 112 valence electrons. The van der Waals surface area contributed by atoms with Gasteiger partial charge in [0, 0.05) is 19.5 Å². The molecule has 0 aliphatic carbocycles. The van der Waals surface area contributed by atoms with E-state index in [2.05, 4.69) is 22.8 Å². The second-order valence-corrected chi connectivity index (χ2v) is 5.23. The molecular weight excluding hydrogens is 265 g/mol. The molecule has 2 N–H and O–H groups in total. The number of hydrogen-bond donors (Lipinski definition) is 2. The van der Waals surface area contributed by atoms with Crippen LogP contribution in [0.1, 0.15) is 36.0 Å². The van der Waals surface area contributed by atoms with Crippen molar-refractivity contribution in [3.8, 4) is 0 Å². The van der Waals surface area contributed by atoms with Gasteiger partial charge in [0.05, 0.1) is 0 Å². The lowest BCUT2D eigenvalue weighted by Gasteiger charge is -2.20. The number of fused-ring (bicyclic) bond motifs is 1. The van der Waals surface area contributed by atoms with Gasteiger partial charge in [-0.3, -0.25) is 0 Å². The summed E-state index contributed by atoms with van der Waals surface area (Å²) in [6, 6.07) is 6.29. The summed E-state index contributed by atoms with van der Waals surface area (Å²) in [5.41, 5.74) is 4.02. The third-order valence-corrected chi connectivity index (χ3v) is 3.62. The van der Waals surface area contributed by atoms with Crippen molar-refractivity contribution in [1.29, 1.82) is 0 Å². The molecule has 1 aliphatic rings. The first-order valence-corrected chi connectivity index (χ1v) is 7.14. The highest BCUT2D eigenvalue weighted by Crippen LogP contribution is 2.22. The monoisotopic (exact) mass is 286 g/mol. The second-order valence-electron chi connectivity index (χ2n) is 5.23. The van der Waals surface area contributed by atoms with Gasteiger partial charge in [-0.05, 0) is 49.0 Å². The summed E-state index contributed by atoms with van der Waals surface area (Å²) in [7, 11) is 0. The molecule has 1 aromatic carbocycles. The highest BCUT2D eigenvalue weighted by atomic mass is 19.4. The van der Waals surface area contributed by atoms with Crippen molar-refractivity contribution in [3.05, 3.63) is 34.9 Å². The average molecular weight is 286 g/mol. The van der Waals surface area contributed by atoms with Crippen LogP contribution in [0, 0.1) is 0 Å². The number of hydrogen-bond acceptors (Lipinski definition) is 2. The Morgan fingerprint density at radius 3 is 2.85 bits per heavy atom. The van der Waals surface area contributed by atoms with Crippen LogP contribution in [-0.4, -0.2) is 19.3 Å². The zero-order chi connectivity index (χ0) is 14.4. The Bertz CT molecular complexity index is 430. The molecule has 0 unspecified atom stereocenters. The second kappa shape index (κ2) is 7.09. The summed E-state index contributed by atoms with van der Waals surface area (Å²) >= 11 is 0. The minimum Gasteiger partial charge on any atom is -0.313 e. The van der Waals surface area contributed by atoms with E-state index in [9.17, 15) is 13.2 Å². The van der Waals surface area contributed by atoms with E-state index >= 15 is 0 Å². The zero-order valence-electron chi connectivity index (χ0n) is 11.5. The van der Waals surface area contributed by atoms with Gasteiger partial charge < -0.3 is 10.6 Å². The number of rotatable bonds is 6. The first-order valence-electron chi connectivity index (χ1n) is 7.14. The van der Waals surface area contributed by atoms with Crippen molar-refractivity contribution in [3.63, 3.8) is 0 Å². The molecule has 2 nitrogen and oxygen atoms in total. The topological polar surface area (TPSA) is 24.1 Å². The van der Waals surface area contributed by atoms with Crippen molar-refractivity contribution in [2.45, 2.75) is 44.9 Å². The smallest absolute Gasteiger partial charge is 0.313 e. The summed E-state index contributed by atoms with van der Waals surface area (Å²) in [6.07, 6.45) is -2.91. The molecule has 0 saturated heterocycles. The fourth-order valence-corrected chi connectivity index (χ4v) is 2.58. The SMILES string of the molecule is FC(F)(F)CCCCNCc1cccc2c1CCNC2. The molecular formula is C15H21F3N2. The molecule has 1 aromatic rings.